The van der Waals surface area contributed by atoms with E-state index in [2.05, 4.69) is 5.32 Å². The highest BCUT2D eigenvalue weighted by molar-refractivity contribution is 7.10. The van der Waals surface area contributed by atoms with Crippen LogP contribution in [-0.4, -0.2) is 12.7 Å². The van der Waals surface area contributed by atoms with Crippen molar-refractivity contribution in [1.82, 2.24) is 5.32 Å². The van der Waals surface area contributed by atoms with Crippen molar-refractivity contribution in [3.8, 4) is 6.07 Å². The molecule has 0 fully saturated rings. The van der Waals surface area contributed by atoms with Gasteiger partial charge in [0, 0.05) is 4.88 Å². The minimum absolute atomic E-state index is 0.594. The standard InChI is InChI=1S/C8H7F3N2S/c9-8(10,11)5-13-6(4-12)7-2-1-3-14-7/h1-3,6,13H,5H2. The smallest absolute Gasteiger partial charge is 0.289 e. The first-order valence-electron chi connectivity index (χ1n) is 3.76. The van der Waals surface area contributed by atoms with E-state index in [1.165, 1.54) is 11.3 Å². The van der Waals surface area contributed by atoms with Gasteiger partial charge in [-0.2, -0.15) is 18.4 Å². The van der Waals surface area contributed by atoms with E-state index in [0.717, 1.165) is 0 Å². The van der Waals surface area contributed by atoms with Crippen molar-refractivity contribution in [1.29, 1.82) is 5.26 Å². The maximum Gasteiger partial charge on any atom is 0.401 e. The van der Waals surface area contributed by atoms with Gasteiger partial charge in [0.15, 0.2) is 0 Å². The van der Waals surface area contributed by atoms with Crippen molar-refractivity contribution in [3.63, 3.8) is 0 Å². The molecule has 2 nitrogen and oxygen atoms in total. The number of hydrogen-bond donors (Lipinski definition) is 1. The third-order valence-corrected chi connectivity index (χ3v) is 2.40. The van der Waals surface area contributed by atoms with Crippen LogP contribution >= 0.6 is 11.3 Å². The summed E-state index contributed by atoms with van der Waals surface area (Å²) in [6.07, 6.45) is -4.29. The van der Waals surface area contributed by atoms with Crippen LogP contribution < -0.4 is 5.32 Å². The molecule has 0 aromatic carbocycles. The second-order valence-electron chi connectivity index (χ2n) is 2.57. The van der Waals surface area contributed by atoms with Crippen LogP contribution in [0.5, 0.6) is 0 Å². The number of nitriles is 1. The topological polar surface area (TPSA) is 35.8 Å². The number of thiophene rings is 1. The molecular weight excluding hydrogens is 213 g/mol. The Morgan fingerprint density at radius 2 is 2.29 bits per heavy atom. The molecule has 0 spiro atoms. The molecule has 1 aromatic rings. The summed E-state index contributed by atoms with van der Waals surface area (Å²) in [6, 6.07) is 4.22. The fourth-order valence-electron chi connectivity index (χ4n) is 0.883. The molecule has 1 atom stereocenters. The second kappa shape index (κ2) is 4.44. The molecule has 0 bridgehead atoms. The SMILES string of the molecule is N#CC(NCC(F)(F)F)c1cccs1. The molecule has 0 saturated carbocycles. The fourth-order valence-corrected chi connectivity index (χ4v) is 1.63. The molecule has 76 valence electrons. The quantitative estimate of drug-likeness (QED) is 0.849. The molecule has 1 heterocycles. The zero-order chi connectivity index (χ0) is 10.6. The summed E-state index contributed by atoms with van der Waals surface area (Å²) >= 11 is 1.25. The van der Waals surface area contributed by atoms with Crippen LogP contribution in [-0.2, 0) is 0 Å². The Morgan fingerprint density at radius 3 is 2.71 bits per heavy atom. The number of alkyl halides is 3. The maximum absolute atomic E-state index is 11.8. The van der Waals surface area contributed by atoms with Gasteiger partial charge in [0.05, 0.1) is 12.6 Å². The number of nitrogens with one attached hydrogen (secondary N) is 1. The summed E-state index contributed by atoms with van der Waals surface area (Å²) in [5, 5.41) is 12.5. The summed E-state index contributed by atoms with van der Waals surface area (Å²) in [5.41, 5.74) is 0. The predicted octanol–water partition coefficient (Wildman–Crippen LogP) is 2.46. The minimum atomic E-state index is -4.29. The lowest BCUT2D eigenvalue weighted by Gasteiger charge is -2.11. The lowest BCUT2D eigenvalue weighted by Crippen LogP contribution is -2.31. The molecule has 1 N–H and O–H groups in total. The number of halogens is 3. The normalized spacial score (nSPS) is 13.6. The van der Waals surface area contributed by atoms with E-state index in [1.54, 1.807) is 23.6 Å². The monoisotopic (exact) mass is 220 g/mol. The van der Waals surface area contributed by atoms with Gasteiger partial charge in [0.2, 0.25) is 0 Å². The molecular formula is C8H7F3N2S. The first-order chi connectivity index (χ1) is 6.53. The van der Waals surface area contributed by atoms with Crippen LogP contribution in [0.4, 0.5) is 13.2 Å². The van der Waals surface area contributed by atoms with Crippen molar-refractivity contribution in [2.75, 3.05) is 6.54 Å². The van der Waals surface area contributed by atoms with E-state index >= 15 is 0 Å². The highest BCUT2D eigenvalue weighted by Crippen LogP contribution is 2.20. The molecule has 6 heteroatoms. The maximum atomic E-state index is 11.8. The van der Waals surface area contributed by atoms with Gasteiger partial charge in [-0.1, -0.05) is 6.07 Å². The average molecular weight is 220 g/mol. The Labute approximate surface area is 83.0 Å². The summed E-state index contributed by atoms with van der Waals surface area (Å²) < 4.78 is 35.5. The Kier molecular flexibility index (Phi) is 3.49. The van der Waals surface area contributed by atoms with Crippen molar-refractivity contribution in [2.24, 2.45) is 0 Å². The molecule has 0 aliphatic rings. The first kappa shape index (κ1) is 11.0. The summed E-state index contributed by atoms with van der Waals surface area (Å²) in [6.45, 7) is -1.15. The van der Waals surface area contributed by atoms with Gasteiger partial charge in [0.1, 0.15) is 6.04 Å². The molecule has 0 radical (unpaired) electrons. The molecule has 1 unspecified atom stereocenters. The molecule has 0 amide bonds. The van der Waals surface area contributed by atoms with Crippen LogP contribution in [0.25, 0.3) is 0 Å². The summed E-state index contributed by atoms with van der Waals surface area (Å²) in [4.78, 5) is 0.594. The Hall–Kier alpha value is -1.06. The summed E-state index contributed by atoms with van der Waals surface area (Å²) in [5.74, 6) is 0. The van der Waals surface area contributed by atoms with E-state index in [1.807, 2.05) is 0 Å². The minimum Gasteiger partial charge on any atom is -0.289 e. The van der Waals surface area contributed by atoms with Crippen molar-refractivity contribution in [2.45, 2.75) is 12.2 Å². The van der Waals surface area contributed by atoms with E-state index < -0.39 is 18.8 Å². The summed E-state index contributed by atoms with van der Waals surface area (Å²) in [7, 11) is 0. The third kappa shape index (κ3) is 3.36. The van der Waals surface area contributed by atoms with Crippen LogP contribution in [0.2, 0.25) is 0 Å². The van der Waals surface area contributed by atoms with Crippen LogP contribution in [0.3, 0.4) is 0 Å². The fraction of sp³-hybridized carbons (Fsp3) is 0.375. The zero-order valence-corrected chi connectivity index (χ0v) is 7.82. The van der Waals surface area contributed by atoms with Crippen LogP contribution in [0.15, 0.2) is 17.5 Å². The molecule has 1 rings (SSSR count). The van der Waals surface area contributed by atoms with Gasteiger partial charge >= 0.3 is 6.18 Å². The third-order valence-electron chi connectivity index (χ3n) is 1.46. The predicted molar refractivity (Wildman–Crippen MR) is 46.7 cm³/mol. The highest BCUT2D eigenvalue weighted by atomic mass is 32.1. The largest absolute Gasteiger partial charge is 0.401 e. The zero-order valence-electron chi connectivity index (χ0n) is 7.01. The molecule has 0 aliphatic heterocycles. The van der Waals surface area contributed by atoms with Crippen LogP contribution in [0.1, 0.15) is 10.9 Å². The Morgan fingerprint density at radius 1 is 1.57 bits per heavy atom. The second-order valence-corrected chi connectivity index (χ2v) is 3.55. The van der Waals surface area contributed by atoms with E-state index in [4.69, 9.17) is 5.26 Å². The van der Waals surface area contributed by atoms with Gasteiger partial charge in [-0.05, 0) is 11.4 Å². The van der Waals surface area contributed by atoms with E-state index in [0.29, 0.717) is 4.88 Å². The lowest BCUT2D eigenvalue weighted by atomic mass is 10.2. The molecule has 0 aliphatic carbocycles. The van der Waals surface area contributed by atoms with Gasteiger partial charge in [-0.3, -0.25) is 5.32 Å². The first-order valence-corrected chi connectivity index (χ1v) is 4.64. The highest BCUT2D eigenvalue weighted by Gasteiger charge is 2.28. The molecule has 14 heavy (non-hydrogen) atoms. The molecule has 1 aromatic heterocycles. The van der Waals surface area contributed by atoms with E-state index in [9.17, 15) is 13.2 Å². The van der Waals surface area contributed by atoms with Crippen molar-refractivity contribution < 1.29 is 13.2 Å². The van der Waals surface area contributed by atoms with Gasteiger partial charge in [0.25, 0.3) is 0 Å². The van der Waals surface area contributed by atoms with Gasteiger partial charge < -0.3 is 0 Å². The average Bonchev–Trinajstić information content (AvgIpc) is 2.56. The number of nitrogens with zero attached hydrogens (tertiary/aromatic N) is 1. The lowest BCUT2D eigenvalue weighted by molar-refractivity contribution is -0.125. The van der Waals surface area contributed by atoms with Crippen molar-refractivity contribution >= 4 is 11.3 Å². The number of rotatable bonds is 3. The van der Waals surface area contributed by atoms with Gasteiger partial charge in [-0.15, -0.1) is 11.3 Å². The Bertz CT molecular complexity index is 312. The molecule has 0 saturated heterocycles. The van der Waals surface area contributed by atoms with Gasteiger partial charge in [-0.25, -0.2) is 0 Å². The number of hydrogen-bond acceptors (Lipinski definition) is 3. The van der Waals surface area contributed by atoms with Crippen molar-refractivity contribution in [3.05, 3.63) is 22.4 Å². The van der Waals surface area contributed by atoms with E-state index in [-0.39, 0.29) is 0 Å². The Balaban J connectivity index is 2.54. The van der Waals surface area contributed by atoms with Crippen LogP contribution in [0, 0.1) is 11.3 Å².